The fourth-order valence-corrected chi connectivity index (χ4v) is 4.06. The Balaban J connectivity index is 0.00000182. The van der Waals surface area contributed by atoms with Crippen molar-refractivity contribution in [3.05, 3.63) is 47.2 Å². The summed E-state index contributed by atoms with van der Waals surface area (Å²) in [6.45, 7) is 3.79. The molecular weight excluding hydrogens is 359 g/mol. The molecule has 4 rings (SSSR count). The quantitative estimate of drug-likeness (QED) is 0.852. The molecule has 1 aromatic carbocycles. The fourth-order valence-electron chi connectivity index (χ4n) is 3.84. The van der Waals surface area contributed by atoms with Crippen LogP contribution in [0.15, 0.2) is 40.8 Å². The molecule has 6 heteroatoms. The summed E-state index contributed by atoms with van der Waals surface area (Å²) in [5.41, 5.74) is 0.815. The number of furan rings is 1. The van der Waals surface area contributed by atoms with Crippen LogP contribution in [0, 0.1) is 11.8 Å². The first kappa shape index (κ1) is 18.3. The standard InChI is InChI=1S/C19H21ClN2O2.ClH/c20-16-4-2-1-3-15(16)17-5-6-18(24-17)19(23)22-9-7-13-11-21-12-14(13)8-10-22;/h1-6,13-14,21H,7-12H2;1H/t13-,14+;. The summed E-state index contributed by atoms with van der Waals surface area (Å²) in [4.78, 5) is 14.7. The molecule has 2 saturated heterocycles. The molecule has 3 heterocycles. The van der Waals surface area contributed by atoms with Crippen LogP contribution in [0.25, 0.3) is 11.3 Å². The molecular formula is C19H22Cl2N2O2. The molecule has 2 atom stereocenters. The first-order valence-corrected chi connectivity index (χ1v) is 8.95. The van der Waals surface area contributed by atoms with Crippen LogP contribution < -0.4 is 5.32 Å². The lowest BCUT2D eigenvalue weighted by Crippen LogP contribution is -2.32. The van der Waals surface area contributed by atoms with Gasteiger partial charge in [-0.2, -0.15) is 0 Å². The van der Waals surface area contributed by atoms with Gasteiger partial charge in [0.15, 0.2) is 5.76 Å². The minimum absolute atomic E-state index is 0. The van der Waals surface area contributed by atoms with E-state index >= 15 is 0 Å². The summed E-state index contributed by atoms with van der Waals surface area (Å²) in [6.07, 6.45) is 2.14. The highest BCUT2D eigenvalue weighted by molar-refractivity contribution is 6.33. The Morgan fingerprint density at radius 2 is 1.76 bits per heavy atom. The molecule has 134 valence electrons. The van der Waals surface area contributed by atoms with Gasteiger partial charge < -0.3 is 14.6 Å². The molecule has 1 amide bonds. The van der Waals surface area contributed by atoms with Crippen molar-refractivity contribution in [1.29, 1.82) is 0 Å². The van der Waals surface area contributed by atoms with Crippen LogP contribution in [0.4, 0.5) is 0 Å². The summed E-state index contributed by atoms with van der Waals surface area (Å²) in [5, 5.41) is 4.09. The number of rotatable bonds is 2. The Labute approximate surface area is 158 Å². The van der Waals surface area contributed by atoms with Crippen molar-refractivity contribution in [2.75, 3.05) is 26.2 Å². The molecule has 0 saturated carbocycles. The van der Waals surface area contributed by atoms with Crippen molar-refractivity contribution in [2.45, 2.75) is 12.8 Å². The van der Waals surface area contributed by atoms with Crippen LogP contribution in [0.3, 0.4) is 0 Å². The van der Waals surface area contributed by atoms with Crippen molar-refractivity contribution in [3.8, 4) is 11.3 Å². The van der Waals surface area contributed by atoms with Crippen LogP contribution >= 0.6 is 24.0 Å². The van der Waals surface area contributed by atoms with E-state index < -0.39 is 0 Å². The molecule has 2 aliphatic heterocycles. The third-order valence-electron chi connectivity index (χ3n) is 5.26. The van der Waals surface area contributed by atoms with Gasteiger partial charge in [0.2, 0.25) is 0 Å². The number of nitrogens with zero attached hydrogens (tertiary/aromatic N) is 1. The van der Waals surface area contributed by atoms with E-state index in [9.17, 15) is 4.79 Å². The van der Waals surface area contributed by atoms with Crippen molar-refractivity contribution in [1.82, 2.24) is 10.2 Å². The molecule has 4 nitrogen and oxygen atoms in total. The molecule has 0 unspecified atom stereocenters. The number of likely N-dealkylation sites (tertiary alicyclic amines) is 1. The largest absolute Gasteiger partial charge is 0.451 e. The van der Waals surface area contributed by atoms with E-state index in [1.54, 1.807) is 6.07 Å². The highest BCUT2D eigenvalue weighted by Crippen LogP contribution is 2.31. The number of hydrogen-bond donors (Lipinski definition) is 1. The molecule has 0 bridgehead atoms. The number of fused-ring (bicyclic) bond motifs is 1. The summed E-state index contributed by atoms with van der Waals surface area (Å²) in [5.74, 6) is 2.44. The average Bonchev–Trinajstić information content (AvgIpc) is 3.21. The van der Waals surface area contributed by atoms with E-state index in [1.807, 2.05) is 35.2 Å². The zero-order valence-electron chi connectivity index (χ0n) is 13.9. The van der Waals surface area contributed by atoms with Crippen LogP contribution in [0.1, 0.15) is 23.4 Å². The predicted octanol–water partition coefficient (Wildman–Crippen LogP) is 4.09. The minimum Gasteiger partial charge on any atom is -0.451 e. The summed E-state index contributed by atoms with van der Waals surface area (Å²) in [7, 11) is 0. The lowest BCUT2D eigenvalue weighted by Gasteiger charge is -2.19. The highest BCUT2D eigenvalue weighted by atomic mass is 35.5. The first-order chi connectivity index (χ1) is 11.7. The van der Waals surface area contributed by atoms with Crippen molar-refractivity contribution in [2.24, 2.45) is 11.8 Å². The maximum absolute atomic E-state index is 12.8. The SMILES string of the molecule is Cl.O=C(c1ccc(-c2ccccc2Cl)o1)N1CC[C@@H]2CNC[C@@H]2CC1. The smallest absolute Gasteiger partial charge is 0.289 e. The van der Waals surface area contributed by atoms with Gasteiger partial charge in [0.1, 0.15) is 5.76 Å². The van der Waals surface area contributed by atoms with E-state index in [2.05, 4.69) is 5.32 Å². The third kappa shape index (κ3) is 3.71. The second-order valence-corrected chi connectivity index (χ2v) is 7.10. The second-order valence-electron chi connectivity index (χ2n) is 6.69. The van der Waals surface area contributed by atoms with E-state index in [-0.39, 0.29) is 18.3 Å². The van der Waals surface area contributed by atoms with E-state index in [0.29, 0.717) is 28.4 Å². The first-order valence-electron chi connectivity index (χ1n) is 8.57. The number of carbonyl (C=O) groups excluding carboxylic acids is 1. The van der Waals surface area contributed by atoms with Gasteiger partial charge in [-0.15, -0.1) is 12.4 Å². The molecule has 0 aliphatic carbocycles. The van der Waals surface area contributed by atoms with Gasteiger partial charge in [-0.1, -0.05) is 23.7 Å². The topological polar surface area (TPSA) is 45.5 Å². The zero-order chi connectivity index (χ0) is 16.5. The number of amides is 1. The third-order valence-corrected chi connectivity index (χ3v) is 5.59. The molecule has 2 aliphatic rings. The molecule has 0 radical (unpaired) electrons. The lowest BCUT2D eigenvalue weighted by molar-refractivity contribution is 0.0727. The monoisotopic (exact) mass is 380 g/mol. The van der Waals surface area contributed by atoms with Gasteiger partial charge in [-0.3, -0.25) is 4.79 Å². The Hall–Kier alpha value is -1.49. The van der Waals surface area contributed by atoms with E-state index in [0.717, 1.165) is 44.6 Å². The van der Waals surface area contributed by atoms with Gasteiger partial charge in [0.25, 0.3) is 5.91 Å². The summed E-state index contributed by atoms with van der Waals surface area (Å²) >= 11 is 6.21. The number of carbonyl (C=O) groups is 1. The minimum atomic E-state index is -0.0127. The molecule has 1 aromatic heterocycles. The van der Waals surface area contributed by atoms with E-state index in [1.165, 1.54) is 0 Å². The lowest BCUT2D eigenvalue weighted by atomic mass is 9.92. The number of benzene rings is 1. The molecule has 2 fully saturated rings. The van der Waals surface area contributed by atoms with Crippen molar-refractivity contribution < 1.29 is 9.21 Å². The predicted molar refractivity (Wildman–Crippen MR) is 101 cm³/mol. The average molecular weight is 381 g/mol. The maximum Gasteiger partial charge on any atom is 0.289 e. The van der Waals surface area contributed by atoms with Crippen LogP contribution in [0.5, 0.6) is 0 Å². The fraction of sp³-hybridized carbons (Fsp3) is 0.421. The molecule has 0 spiro atoms. The van der Waals surface area contributed by atoms with Gasteiger partial charge >= 0.3 is 0 Å². The Kier molecular flexibility index (Phi) is 5.72. The van der Waals surface area contributed by atoms with Gasteiger partial charge in [0.05, 0.1) is 5.02 Å². The summed E-state index contributed by atoms with van der Waals surface area (Å²) < 4.78 is 5.81. The van der Waals surface area contributed by atoms with Gasteiger partial charge in [-0.05, 0) is 62.0 Å². The van der Waals surface area contributed by atoms with Gasteiger partial charge in [0, 0.05) is 18.7 Å². The Morgan fingerprint density at radius 1 is 1.08 bits per heavy atom. The zero-order valence-corrected chi connectivity index (χ0v) is 15.5. The summed E-state index contributed by atoms with van der Waals surface area (Å²) in [6, 6.07) is 11.1. The van der Waals surface area contributed by atoms with Gasteiger partial charge in [-0.25, -0.2) is 0 Å². The number of halogens is 2. The highest BCUT2D eigenvalue weighted by Gasteiger charge is 2.32. The van der Waals surface area contributed by atoms with Crippen LogP contribution in [-0.4, -0.2) is 37.0 Å². The Bertz CT molecular complexity index is 733. The van der Waals surface area contributed by atoms with E-state index in [4.69, 9.17) is 16.0 Å². The van der Waals surface area contributed by atoms with Crippen molar-refractivity contribution >= 4 is 29.9 Å². The normalized spacial score (nSPS) is 22.8. The second kappa shape index (κ2) is 7.81. The number of nitrogens with one attached hydrogen (secondary N) is 1. The Morgan fingerprint density at radius 3 is 2.44 bits per heavy atom. The number of hydrogen-bond acceptors (Lipinski definition) is 3. The maximum atomic E-state index is 12.8. The van der Waals surface area contributed by atoms with Crippen LogP contribution in [0.2, 0.25) is 5.02 Å². The van der Waals surface area contributed by atoms with Crippen LogP contribution in [-0.2, 0) is 0 Å². The molecule has 2 aromatic rings. The van der Waals surface area contributed by atoms with Crippen molar-refractivity contribution in [3.63, 3.8) is 0 Å². The molecule has 25 heavy (non-hydrogen) atoms. The molecule has 1 N–H and O–H groups in total.